The minimum absolute atomic E-state index is 0.00601. The molecule has 2 fully saturated rings. The monoisotopic (exact) mass is 361 g/mol. The summed E-state index contributed by atoms with van der Waals surface area (Å²) >= 11 is 0. The van der Waals surface area contributed by atoms with E-state index in [1.807, 2.05) is 31.2 Å². The van der Waals surface area contributed by atoms with Crippen LogP contribution in [0.3, 0.4) is 0 Å². The fraction of sp³-hybridized carbons (Fsp3) is 0.667. The molecule has 1 aromatic carbocycles. The Morgan fingerprint density at radius 1 is 1.15 bits per heavy atom. The van der Waals surface area contributed by atoms with Crippen LogP contribution in [0.15, 0.2) is 24.3 Å². The van der Waals surface area contributed by atoms with Crippen LogP contribution in [0.1, 0.15) is 58.3 Å². The van der Waals surface area contributed by atoms with Crippen LogP contribution in [0.2, 0.25) is 0 Å². The SMILES string of the molecule is CCOc1ccccc1O[C@@H]1CCC[C@H]1NC(=O)CC[C@@H]1CCCCO1. The molecule has 1 saturated heterocycles. The number of hydrogen-bond donors (Lipinski definition) is 1. The molecule has 26 heavy (non-hydrogen) atoms. The van der Waals surface area contributed by atoms with Crippen molar-refractivity contribution in [3.63, 3.8) is 0 Å². The van der Waals surface area contributed by atoms with Gasteiger partial charge in [-0.1, -0.05) is 12.1 Å². The van der Waals surface area contributed by atoms with Gasteiger partial charge in [0, 0.05) is 13.0 Å². The van der Waals surface area contributed by atoms with Gasteiger partial charge in [-0.15, -0.1) is 0 Å². The van der Waals surface area contributed by atoms with Crippen LogP contribution >= 0.6 is 0 Å². The molecule has 1 N–H and O–H groups in total. The Hall–Kier alpha value is -1.75. The maximum Gasteiger partial charge on any atom is 0.220 e. The molecule has 1 heterocycles. The summed E-state index contributed by atoms with van der Waals surface area (Å²) in [6.07, 6.45) is 8.03. The molecule has 0 aromatic heterocycles. The lowest BCUT2D eigenvalue weighted by Crippen LogP contribution is -2.42. The van der Waals surface area contributed by atoms with Gasteiger partial charge in [0.2, 0.25) is 5.91 Å². The van der Waals surface area contributed by atoms with E-state index in [0.717, 1.165) is 56.6 Å². The van der Waals surface area contributed by atoms with Gasteiger partial charge in [0.25, 0.3) is 0 Å². The first-order valence-electron chi connectivity index (χ1n) is 10.1. The average Bonchev–Trinajstić information content (AvgIpc) is 3.09. The Morgan fingerprint density at radius 2 is 2.00 bits per heavy atom. The van der Waals surface area contributed by atoms with Gasteiger partial charge in [-0.25, -0.2) is 0 Å². The maximum absolute atomic E-state index is 12.4. The fourth-order valence-electron chi connectivity index (χ4n) is 3.82. The topological polar surface area (TPSA) is 56.8 Å². The minimum atomic E-state index is 0.00601. The van der Waals surface area contributed by atoms with Gasteiger partial charge in [-0.2, -0.15) is 0 Å². The van der Waals surface area contributed by atoms with Crippen LogP contribution in [-0.2, 0) is 9.53 Å². The third kappa shape index (κ3) is 5.37. The highest BCUT2D eigenvalue weighted by Crippen LogP contribution is 2.31. The van der Waals surface area contributed by atoms with Crippen LogP contribution in [0.25, 0.3) is 0 Å². The molecule has 0 spiro atoms. The first-order chi connectivity index (χ1) is 12.8. The molecule has 144 valence electrons. The van der Waals surface area contributed by atoms with Crippen molar-refractivity contribution in [1.82, 2.24) is 5.32 Å². The van der Waals surface area contributed by atoms with Gasteiger partial charge in [-0.3, -0.25) is 4.79 Å². The van der Waals surface area contributed by atoms with E-state index in [9.17, 15) is 4.79 Å². The summed E-state index contributed by atoms with van der Waals surface area (Å²) in [5, 5.41) is 3.18. The second-order valence-electron chi connectivity index (χ2n) is 7.17. The lowest BCUT2D eigenvalue weighted by Gasteiger charge is -2.25. The lowest BCUT2D eigenvalue weighted by molar-refractivity contribution is -0.123. The van der Waals surface area contributed by atoms with Gasteiger partial charge in [0.1, 0.15) is 6.10 Å². The standard InChI is InChI=1S/C21H31NO4/c1-2-24-19-10-3-4-11-20(19)26-18-12-7-9-17(18)22-21(23)14-13-16-8-5-6-15-25-16/h3-4,10-11,16-18H,2,5-9,12-15H2,1H3,(H,22,23)/t16-,17+,18+/m0/s1. The molecule has 1 aliphatic carbocycles. The predicted molar refractivity (Wildman–Crippen MR) is 101 cm³/mol. The first-order valence-corrected chi connectivity index (χ1v) is 10.1. The zero-order valence-corrected chi connectivity index (χ0v) is 15.7. The number of carbonyl (C=O) groups is 1. The molecule has 2 aliphatic rings. The zero-order valence-electron chi connectivity index (χ0n) is 15.7. The lowest BCUT2D eigenvalue weighted by atomic mass is 10.0. The maximum atomic E-state index is 12.4. The predicted octanol–water partition coefficient (Wildman–Crippen LogP) is 3.85. The van der Waals surface area contributed by atoms with E-state index in [2.05, 4.69) is 5.32 Å². The Kier molecular flexibility index (Phi) is 7.18. The number of amides is 1. The van der Waals surface area contributed by atoms with E-state index >= 15 is 0 Å². The van der Waals surface area contributed by atoms with Crippen LogP contribution in [0, 0.1) is 0 Å². The first kappa shape index (κ1) is 19.0. The molecule has 5 nitrogen and oxygen atoms in total. The Balaban J connectivity index is 1.49. The van der Waals surface area contributed by atoms with Gasteiger partial charge in [0.05, 0.1) is 18.8 Å². The van der Waals surface area contributed by atoms with Gasteiger partial charge in [-0.05, 0) is 64.0 Å². The third-order valence-electron chi connectivity index (χ3n) is 5.19. The third-order valence-corrected chi connectivity index (χ3v) is 5.19. The van der Waals surface area contributed by atoms with Crippen molar-refractivity contribution in [3.05, 3.63) is 24.3 Å². The molecule has 0 bridgehead atoms. The summed E-state index contributed by atoms with van der Waals surface area (Å²) in [5.74, 6) is 1.63. The number of hydrogen-bond acceptors (Lipinski definition) is 4. The van der Waals surface area contributed by atoms with Crippen LogP contribution < -0.4 is 14.8 Å². The second-order valence-corrected chi connectivity index (χ2v) is 7.17. The van der Waals surface area contributed by atoms with Gasteiger partial charge < -0.3 is 19.5 Å². The number of ether oxygens (including phenoxy) is 3. The molecule has 1 aromatic rings. The van der Waals surface area contributed by atoms with Crippen molar-refractivity contribution in [3.8, 4) is 11.5 Å². The Morgan fingerprint density at radius 3 is 2.77 bits per heavy atom. The summed E-state index contributed by atoms with van der Waals surface area (Å²) < 4.78 is 17.6. The average molecular weight is 361 g/mol. The number of rotatable bonds is 8. The molecule has 3 rings (SSSR count). The molecule has 5 heteroatoms. The van der Waals surface area contributed by atoms with E-state index in [1.165, 1.54) is 6.42 Å². The van der Waals surface area contributed by atoms with Crippen molar-refractivity contribution in [2.45, 2.75) is 76.5 Å². The normalized spacial score (nSPS) is 25.7. The molecule has 0 radical (unpaired) electrons. The zero-order chi connectivity index (χ0) is 18.2. The van der Waals surface area contributed by atoms with Crippen LogP contribution in [0.5, 0.6) is 11.5 Å². The molecular formula is C21H31NO4. The van der Waals surface area contributed by atoms with Crippen molar-refractivity contribution in [2.75, 3.05) is 13.2 Å². The molecule has 1 aliphatic heterocycles. The number of nitrogens with one attached hydrogen (secondary N) is 1. The molecule has 3 atom stereocenters. The second kappa shape index (κ2) is 9.81. The summed E-state index contributed by atoms with van der Waals surface area (Å²) in [6.45, 7) is 3.41. The summed E-state index contributed by atoms with van der Waals surface area (Å²) in [4.78, 5) is 12.4. The molecular weight excluding hydrogens is 330 g/mol. The van der Waals surface area contributed by atoms with E-state index in [4.69, 9.17) is 14.2 Å². The summed E-state index contributed by atoms with van der Waals surface area (Å²) in [7, 11) is 0. The number of para-hydroxylation sites is 2. The Bertz CT molecular complexity index is 571. The summed E-state index contributed by atoms with van der Waals surface area (Å²) in [5.41, 5.74) is 0. The van der Waals surface area contributed by atoms with Crippen LogP contribution in [0.4, 0.5) is 0 Å². The quantitative estimate of drug-likeness (QED) is 0.764. The van der Waals surface area contributed by atoms with Crippen molar-refractivity contribution >= 4 is 5.91 Å². The van der Waals surface area contributed by atoms with Crippen molar-refractivity contribution < 1.29 is 19.0 Å². The van der Waals surface area contributed by atoms with Gasteiger partial charge in [0.15, 0.2) is 11.5 Å². The van der Waals surface area contributed by atoms with E-state index < -0.39 is 0 Å². The number of carbonyl (C=O) groups excluding carboxylic acids is 1. The number of benzene rings is 1. The largest absolute Gasteiger partial charge is 0.490 e. The smallest absolute Gasteiger partial charge is 0.220 e. The van der Waals surface area contributed by atoms with E-state index in [1.54, 1.807) is 0 Å². The molecule has 0 unspecified atom stereocenters. The highest BCUT2D eigenvalue weighted by atomic mass is 16.5. The van der Waals surface area contributed by atoms with Crippen molar-refractivity contribution in [2.24, 2.45) is 0 Å². The minimum Gasteiger partial charge on any atom is -0.490 e. The molecule has 1 saturated carbocycles. The van der Waals surface area contributed by atoms with Crippen molar-refractivity contribution in [1.29, 1.82) is 0 Å². The summed E-state index contributed by atoms with van der Waals surface area (Å²) in [6, 6.07) is 7.82. The highest BCUT2D eigenvalue weighted by molar-refractivity contribution is 5.76. The molecule has 1 amide bonds. The van der Waals surface area contributed by atoms with Gasteiger partial charge >= 0.3 is 0 Å². The van der Waals surface area contributed by atoms with E-state index in [-0.39, 0.29) is 24.2 Å². The van der Waals surface area contributed by atoms with E-state index in [0.29, 0.717) is 13.0 Å². The Labute approximate surface area is 156 Å². The highest BCUT2D eigenvalue weighted by Gasteiger charge is 2.31. The van der Waals surface area contributed by atoms with Crippen LogP contribution in [-0.4, -0.2) is 37.4 Å². The fourth-order valence-corrected chi connectivity index (χ4v) is 3.82.